The highest BCUT2D eigenvalue weighted by Gasteiger charge is 2.26. The zero-order chi connectivity index (χ0) is 20.5. The van der Waals surface area contributed by atoms with Crippen molar-refractivity contribution in [1.82, 2.24) is 10.2 Å². The summed E-state index contributed by atoms with van der Waals surface area (Å²) < 4.78 is 0. The fourth-order valence-corrected chi connectivity index (χ4v) is 3.09. The summed E-state index contributed by atoms with van der Waals surface area (Å²) in [5.74, 6) is -0.104. The zero-order valence-electron chi connectivity index (χ0n) is 17.4. The van der Waals surface area contributed by atoms with Gasteiger partial charge in [-0.15, -0.1) is 0 Å². The van der Waals surface area contributed by atoms with Gasteiger partial charge in [-0.05, 0) is 44.7 Å². The Balaban J connectivity index is 2.14. The van der Waals surface area contributed by atoms with E-state index in [1.54, 1.807) is 4.90 Å². The van der Waals surface area contributed by atoms with Crippen LogP contribution in [-0.4, -0.2) is 28.8 Å². The second-order valence-electron chi connectivity index (χ2n) is 7.49. The molecule has 0 aliphatic carbocycles. The molecule has 2 atom stereocenters. The molecule has 0 aliphatic heterocycles. The topological polar surface area (TPSA) is 49.4 Å². The lowest BCUT2D eigenvalue weighted by Crippen LogP contribution is -2.49. The van der Waals surface area contributed by atoms with E-state index in [2.05, 4.69) is 11.4 Å². The summed E-state index contributed by atoms with van der Waals surface area (Å²) >= 11 is 0. The van der Waals surface area contributed by atoms with Gasteiger partial charge in [-0.3, -0.25) is 9.59 Å². The van der Waals surface area contributed by atoms with Gasteiger partial charge in [0.2, 0.25) is 11.8 Å². The molecule has 0 saturated heterocycles. The van der Waals surface area contributed by atoms with E-state index < -0.39 is 6.04 Å². The number of benzene rings is 2. The predicted molar refractivity (Wildman–Crippen MR) is 114 cm³/mol. The first-order valence-electron chi connectivity index (χ1n) is 10.1. The van der Waals surface area contributed by atoms with E-state index >= 15 is 0 Å². The van der Waals surface area contributed by atoms with Crippen LogP contribution in [0.5, 0.6) is 0 Å². The van der Waals surface area contributed by atoms with E-state index in [1.165, 1.54) is 0 Å². The lowest BCUT2D eigenvalue weighted by molar-refractivity contribution is -0.140. The van der Waals surface area contributed by atoms with Crippen molar-refractivity contribution in [3.05, 3.63) is 71.3 Å². The second-order valence-corrected chi connectivity index (χ2v) is 7.49. The molecule has 0 heterocycles. The van der Waals surface area contributed by atoms with Crippen LogP contribution < -0.4 is 5.32 Å². The summed E-state index contributed by atoms with van der Waals surface area (Å²) in [5, 5.41) is 3.00. The van der Waals surface area contributed by atoms with Gasteiger partial charge >= 0.3 is 0 Å². The predicted octanol–water partition coefficient (Wildman–Crippen LogP) is 4.26. The molecule has 0 aromatic heterocycles. The minimum Gasteiger partial charge on any atom is -0.352 e. The standard InChI is InChI=1S/C24H32N2O2/c1-5-19(3)25-24(28)20(4)26(17-22-13-9-10-18(2)16-22)23(27)15-14-21-11-7-6-8-12-21/h6-13,16,19-20H,5,14-15,17H2,1-4H3,(H,25,28)/t19-,20-/m0/s1. The molecule has 0 aliphatic rings. The summed E-state index contributed by atoms with van der Waals surface area (Å²) in [6.07, 6.45) is 1.92. The van der Waals surface area contributed by atoms with Gasteiger partial charge in [-0.25, -0.2) is 0 Å². The summed E-state index contributed by atoms with van der Waals surface area (Å²) in [6, 6.07) is 17.6. The van der Waals surface area contributed by atoms with Crippen molar-refractivity contribution < 1.29 is 9.59 Å². The van der Waals surface area contributed by atoms with Crippen molar-refractivity contribution in [2.45, 2.75) is 65.6 Å². The number of nitrogens with one attached hydrogen (secondary N) is 1. The number of hydrogen-bond donors (Lipinski definition) is 1. The normalized spacial score (nSPS) is 12.9. The third-order valence-corrected chi connectivity index (χ3v) is 5.07. The molecule has 4 heteroatoms. The molecule has 2 rings (SSSR count). The van der Waals surface area contributed by atoms with Crippen LogP contribution in [0.15, 0.2) is 54.6 Å². The van der Waals surface area contributed by atoms with Crippen molar-refractivity contribution in [1.29, 1.82) is 0 Å². The van der Waals surface area contributed by atoms with Gasteiger partial charge in [0, 0.05) is 19.0 Å². The Hall–Kier alpha value is -2.62. The number of aryl methyl sites for hydroxylation is 2. The molecule has 2 aromatic rings. The lowest BCUT2D eigenvalue weighted by atomic mass is 10.1. The number of carbonyl (C=O) groups is 2. The van der Waals surface area contributed by atoms with Crippen LogP contribution in [0.3, 0.4) is 0 Å². The van der Waals surface area contributed by atoms with Crippen LogP contribution in [-0.2, 0) is 22.6 Å². The Kier molecular flexibility index (Phi) is 8.24. The fraction of sp³-hybridized carbons (Fsp3) is 0.417. The van der Waals surface area contributed by atoms with Crippen LogP contribution >= 0.6 is 0 Å². The van der Waals surface area contributed by atoms with Gasteiger partial charge in [0.15, 0.2) is 0 Å². The number of amides is 2. The molecular formula is C24H32N2O2. The van der Waals surface area contributed by atoms with Crippen LogP contribution in [0.2, 0.25) is 0 Å². The summed E-state index contributed by atoms with van der Waals surface area (Å²) in [4.78, 5) is 27.4. The van der Waals surface area contributed by atoms with Crippen LogP contribution in [0.4, 0.5) is 0 Å². The maximum Gasteiger partial charge on any atom is 0.242 e. The van der Waals surface area contributed by atoms with Gasteiger partial charge in [-0.1, -0.05) is 67.1 Å². The molecule has 150 valence electrons. The van der Waals surface area contributed by atoms with E-state index in [-0.39, 0.29) is 17.9 Å². The van der Waals surface area contributed by atoms with Crippen LogP contribution in [0.1, 0.15) is 50.3 Å². The van der Waals surface area contributed by atoms with Crippen molar-refractivity contribution in [2.75, 3.05) is 0 Å². The maximum absolute atomic E-state index is 13.1. The van der Waals surface area contributed by atoms with Gasteiger partial charge in [0.1, 0.15) is 6.04 Å². The highest BCUT2D eigenvalue weighted by molar-refractivity contribution is 5.87. The van der Waals surface area contributed by atoms with E-state index in [4.69, 9.17) is 0 Å². The molecule has 28 heavy (non-hydrogen) atoms. The molecule has 4 nitrogen and oxygen atoms in total. The number of hydrogen-bond acceptors (Lipinski definition) is 2. The highest BCUT2D eigenvalue weighted by Crippen LogP contribution is 2.14. The van der Waals surface area contributed by atoms with Crippen molar-refractivity contribution in [2.24, 2.45) is 0 Å². The zero-order valence-corrected chi connectivity index (χ0v) is 17.4. The average molecular weight is 381 g/mol. The molecule has 0 unspecified atom stereocenters. The second kappa shape index (κ2) is 10.6. The van der Waals surface area contributed by atoms with E-state index in [0.717, 1.165) is 23.1 Å². The van der Waals surface area contributed by atoms with E-state index in [1.807, 2.05) is 76.2 Å². The lowest BCUT2D eigenvalue weighted by Gasteiger charge is -2.30. The van der Waals surface area contributed by atoms with E-state index in [0.29, 0.717) is 19.4 Å². The van der Waals surface area contributed by atoms with Crippen LogP contribution in [0.25, 0.3) is 0 Å². The Morgan fingerprint density at radius 3 is 2.32 bits per heavy atom. The molecule has 0 radical (unpaired) electrons. The van der Waals surface area contributed by atoms with Gasteiger partial charge in [0.05, 0.1) is 0 Å². The largest absolute Gasteiger partial charge is 0.352 e. The minimum atomic E-state index is -0.516. The highest BCUT2D eigenvalue weighted by atomic mass is 16.2. The molecular weight excluding hydrogens is 348 g/mol. The van der Waals surface area contributed by atoms with Crippen molar-refractivity contribution in [3.8, 4) is 0 Å². The molecule has 0 bridgehead atoms. The smallest absolute Gasteiger partial charge is 0.242 e. The Morgan fingerprint density at radius 2 is 1.68 bits per heavy atom. The SMILES string of the molecule is CC[C@H](C)NC(=O)[C@H](C)N(Cc1cccc(C)c1)C(=O)CCc1ccccc1. The summed E-state index contributed by atoms with van der Waals surface area (Å²) in [5.41, 5.74) is 3.31. The Morgan fingerprint density at radius 1 is 1.00 bits per heavy atom. The minimum absolute atomic E-state index is 0.00263. The molecule has 0 fully saturated rings. The first-order chi connectivity index (χ1) is 13.4. The third-order valence-electron chi connectivity index (χ3n) is 5.07. The Bertz CT molecular complexity index is 773. The molecule has 0 saturated carbocycles. The fourth-order valence-electron chi connectivity index (χ4n) is 3.09. The molecule has 2 aromatic carbocycles. The molecule has 2 amide bonds. The van der Waals surface area contributed by atoms with Crippen molar-refractivity contribution in [3.63, 3.8) is 0 Å². The Labute approximate surface area is 169 Å². The van der Waals surface area contributed by atoms with Gasteiger partial charge in [0.25, 0.3) is 0 Å². The van der Waals surface area contributed by atoms with Gasteiger partial charge < -0.3 is 10.2 Å². The first-order valence-corrected chi connectivity index (χ1v) is 10.1. The maximum atomic E-state index is 13.1. The first kappa shape index (κ1) is 21.7. The summed E-state index contributed by atoms with van der Waals surface area (Å²) in [6.45, 7) is 8.29. The quantitative estimate of drug-likeness (QED) is 0.707. The number of nitrogens with zero attached hydrogens (tertiary/aromatic N) is 1. The van der Waals surface area contributed by atoms with Gasteiger partial charge in [-0.2, -0.15) is 0 Å². The molecule has 1 N–H and O–H groups in total. The monoisotopic (exact) mass is 380 g/mol. The summed E-state index contributed by atoms with van der Waals surface area (Å²) in [7, 11) is 0. The number of rotatable bonds is 9. The van der Waals surface area contributed by atoms with Crippen molar-refractivity contribution >= 4 is 11.8 Å². The molecule has 0 spiro atoms. The van der Waals surface area contributed by atoms with Crippen LogP contribution in [0, 0.1) is 6.92 Å². The number of carbonyl (C=O) groups excluding carboxylic acids is 2. The average Bonchev–Trinajstić information content (AvgIpc) is 2.70. The third kappa shape index (κ3) is 6.52. The van der Waals surface area contributed by atoms with E-state index in [9.17, 15) is 9.59 Å².